The van der Waals surface area contributed by atoms with Crippen LogP contribution in [-0.2, 0) is 0 Å². The van der Waals surface area contributed by atoms with Crippen LogP contribution in [0.5, 0.6) is 0 Å². The van der Waals surface area contributed by atoms with Gasteiger partial charge in [-0.05, 0) is 31.2 Å². The van der Waals surface area contributed by atoms with Crippen LogP contribution >= 0.6 is 0 Å². The zero-order valence-electron chi connectivity index (χ0n) is 16.0. The average molecular weight is 404 g/mol. The summed E-state index contributed by atoms with van der Waals surface area (Å²) in [6.45, 7) is 3.11. The van der Waals surface area contributed by atoms with Crippen molar-refractivity contribution in [2.75, 3.05) is 23.7 Å². The van der Waals surface area contributed by atoms with Gasteiger partial charge >= 0.3 is 0 Å². The van der Waals surface area contributed by atoms with E-state index in [9.17, 15) is 4.39 Å². The van der Waals surface area contributed by atoms with E-state index in [-0.39, 0.29) is 5.82 Å². The van der Waals surface area contributed by atoms with Crippen molar-refractivity contribution in [3.8, 4) is 11.4 Å². The Kier molecular flexibility index (Phi) is 4.39. The van der Waals surface area contributed by atoms with Gasteiger partial charge in [0, 0.05) is 24.8 Å². The highest BCUT2D eigenvalue weighted by Crippen LogP contribution is 2.21. The summed E-state index contributed by atoms with van der Waals surface area (Å²) in [7, 11) is 0. The molecule has 0 fully saturated rings. The van der Waals surface area contributed by atoms with E-state index >= 15 is 0 Å². The molecule has 0 aliphatic carbocycles. The van der Waals surface area contributed by atoms with Crippen LogP contribution in [0.2, 0.25) is 0 Å². The van der Waals surface area contributed by atoms with Gasteiger partial charge in [-0.25, -0.2) is 9.37 Å². The Morgan fingerprint density at radius 1 is 1.00 bits per heavy atom. The maximum Gasteiger partial charge on any atom is 0.254 e. The van der Waals surface area contributed by atoms with Crippen LogP contribution in [0.1, 0.15) is 5.69 Å². The van der Waals surface area contributed by atoms with Gasteiger partial charge in [0.05, 0.1) is 5.56 Å². The number of nitrogens with one attached hydrogen (secondary N) is 2. The summed E-state index contributed by atoms with van der Waals surface area (Å²) in [5, 5.41) is 23.4. The minimum atomic E-state index is -0.372. The zero-order chi connectivity index (χ0) is 20.5. The highest BCUT2D eigenvalue weighted by molar-refractivity contribution is 5.60. The van der Waals surface area contributed by atoms with Crippen LogP contribution in [0.3, 0.4) is 0 Å². The minimum Gasteiger partial charge on any atom is -0.368 e. The predicted molar refractivity (Wildman–Crippen MR) is 109 cm³/mol. The van der Waals surface area contributed by atoms with E-state index in [4.69, 9.17) is 0 Å². The Bertz CT molecular complexity index is 1340. The molecular formula is C19H17FN10. The SMILES string of the molecule is Cc1cc(NCCNc2ccc3nnc(-c4ccccc4F)n3n2)n2ncnc2n1. The summed E-state index contributed by atoms with van der Waals surface area (Å²) in [4.78, 5) is 8.43. The molecule has 5 rings (SSSR count). The molecule has 0 aliphatic heterocycles. The zero-order valence-corrected chi connectivity index (χ0v) is 16.0. The average Bonchev–Trinajstić information content (AvgIpc) is 3.38. The standard InChI is InChI=1S/C19H17FN10/c1-12-10-17(30-19(25-12)23-11-24-30)22-9-8-21-15-6-7-16-26-27-18(29(16)28-15)13-4-2-3-5-14(13)20/h2-7,10-11,22H,8-9H2,1H3,(H,21,28). The van der Waals surface area contributed by atoms with Gasteiger partial charge in [0.25, 0.3) is 5.78 Å². The molecule has 0 aliphatic rings. The third kappa shape index (κ3) is 3.26. The second-order valence-electron chi connectivity index (χ2n) is 6.60. The van der Waals surface area contributed by atoms with E-state index in [1.54, 1.807) is 34.8 Å². The Balaban J connectivity index is 1.31. The first-order valence-corrected chi connectivity index (χ1v) is 9.31. The highest BCUT2D eigenvalue weighted by atomic mass is 19.1. The quantitative estimate of drug-likeness (QED) is 0.415. The third-order valence-electron chi connectivity index (χ3n) is 4.49. The molecule has 4 aromatic heterocycles. The molecule has 0 radical (unpaired) electrons. The fourth-order valence-electron chi connectivity index (χ4n) is 3.13. The molecular weight excluding hydrogens is 387 g/mol. The number of halogens is 1. The lowest BCUT2D eigenvalue weighted by Crippen LogP contribution is -2.17. The first-order chi connectivity index (χ1) is 14.7. The molecule has 2 N–H and O–H groups in total. The Morgan fingerprint density at radius 3 is 2.77 bits per heavy atom. The molecule has 0 amide bonds. The molecule has 0 saturated heterocycles. The molecule has 0 spiro atoms. The predicted octanol–water partition coefficient (Wildman–Crippen LogP) is 2.20. The fraction of sp³-hybridized carbons (Fsp3) is 0.158. The Labute approximate surface area is 169 Å². The monoisotopic (exact) mass is 404 g/mol. The van der Waals surface area contributed by atoms with Gasteiger partial charge in [0.2, 0.25) is 0 Å². The molecule has 0 bridgehead atoms. The molecule has 0 unspecified atom stereocenters. The molecule has 5 aromatic rings. The lowest BCUT2D eigenvalue weighted by atomic mass is 10.2. The van der Waals surface area contributed by atoms with Crippen LogP contribution in [0.4, 0.5) is 16.0 Å². The van der Waals surface area contributed by atoms with E-state index in [1.807, 2.05) is 13.0 Å². The van der Waals surface area contributed by atoms with Crippen LogP contribution in [-0.4, -0.2) is 52.5 Å². The summed E-state index contributed by atoms with van der Waals surface area (Å²) in [6.07, 6.45) is 1.47. The topological polar surface area (TPSA) is 110 Å². The number of aromatic nitrogens is 8. The number of rotatable bonds is 6. The van der Waals surface area contributed by atoms with E-state index < -0.39 is 0 Å². The molecule has 10 nitrogen and oxygen atoms in total. The van der Waals surface area contributed by atoms with Gasteiger partial charge in [-0.1, -0.05) is 12.1 Å². The van der Waals surface area contributed by atoms with E-state index in [2.05, 4.69) is 41.0 Å². The van der Waals surface area contributed by atoms with Gasteiger partial charge in [-0.15, -0.1) is 15.3 Å². The van der Waals surface area contributed by atoms with Crippen molar-refractivity contribution in [3.05, 3.63) is 60.3 Å². The van der Waals surface area contributed by atoms with Crippen molar-refractivity contribution < 1.29 is 4.39 Å². The summed E-state index contributed by atoms with van der Waals surface area (Å²) in [5.41, 5.74) is 1.74. The molecule has 0 atom stereocenters. The summed E-state index contributed by atoms with van der Waals surface area (Å²) >= 11 is 0. The number of benzene rings is 1. The van der Waals surface area contributed by atoms with Crippen molar-refractivity contribution in [3.63, 3.8) is 0 Å². The summed E-state index contributed by atoms with van der Waals surface area (Å²) in [5.74, 6) is 1.96. The largest absolute Gasteiger partial charge is 0.368 e. The number of hydrogen-bond donors (Lipinski definition) is 2. The number of fused-ring (bicyclic) bond motifs is 2. The maximum absolute atomic E-state index is 14.2. The maximum atomic E-state index is 14.2. The smallest absolute Gasteiger partial charge is 0.254 e. The van der Waals surface area contributed by atoms with E-state index in [0.29, 0.717) is 41.7 Å². The van der Waals surface area contributed by atoms with E-state index in [1.165, 1.54) is 16.9 Å². The number of anilines is 2. The minimum absolute atomic E-state index is 0.348. The fourth-order valence-corrected chi connectivity index (χ4v) is 3.13. The Hall–Kier alpha value is -4.15. The van der Waals surface area contributed by atoms with Crippen LogP contribution < -0.4 is 10.6 Å². The first kappa shape index (κ1) is 17.9. The molecule has 30 heavy (non-hydrogen) atoms. The molecule has 150 valence electrons. The lowest BCUT2D eigenvalue weighted by Gasteiger charge is -2.10. The lowest BCUT2D eigenvalue weighted by molar-refractivity contribution is 0.629. The molecule has 11 heteroatoms. The second-order valence-corrected chi connectivity index (χ2v) is 6.60. The van der Waals surface area contributed by atoms with Crippen molar-refractivity contribution >= 4 is 23.1 Å². The molecule has 1 aromatic carbocycles. The van der Waals surface area contributed by atoms with Crippen molar-refractivity contribution in [2.24, 2.45) is 0 Å². The van der Waals surface area contributed by atoms with Crippen LogP contribution in [0.25, 0.3) is 22.8 Å². The van der Waals surface area contributed by atoms with Crippen LogP contribution in [0.15, 0.2) is 48.8 Å². The van der Waals surface area contributed by atoms with Gasteiger partial charge in [0.15, 0.2) is 11.5 Å². The number of aryl methyl sites for hydroxylation is 1. The van der Waals surface area contributed by atoms with Crippen molar-refractivity contribution in [1.82, 2.24) is 39.4 Å². The molecule has 4 heterocycles. The van der Waals surface area contributed by atoms with Crippen molar-refractivity contribution in [2.45, 2.75) is 6.92 Å². The van der Waals surface area contributed by atoms with Crippen molar-refractivity contribution in [1.29, 1.82) is 0 Å². The summed E-state index contributed by atoms with van der Waals surface area (Å²) < 4.78 is 17.3. The van der Waals surface area contributed by atoms with Gasteiger partial charge in [-0.2, -0.15) is 19.1 Å². The third-order valence-corrected chi connectivity index (χ3v) is 4.49. The number of hydrogen-bond acceptors (Lipinski definition) is 8. The van der Waals surface area contributed by atoms with Gasteiger partial charge < -0.3 is 10.6 Å². The normalized spacial score (nSPS) is 11.3. The highest BCUT2D eigenvalue weighted by Gasteiger charge is 2.13. The second kappa shape index (κ2) is 7.35. The van der Waals surface area contributed by atoms with E-state index in [0.717, 1.165) is 11.5 Å². The Morgan fingerprint density at radius 2 is 1.87 bits per heavy atom. The molecule has 0 saturated carbocycles. The first-order valence-electron chi connectivity index (χ1n) is 9.31. The van der Waals surface area contributed by atoms with Gasteiger partial charge in [-0.3, -0.25) is 0 Å². The summed E-state index contributed by atoms with van der Waals surface area (Å²) in [6, 6.07) is 11.9. The number of nitrogens with zero attached hydrogens (tertiary/aromatic N) is 8. The van der Waals surface area contributed by atoms with Crippen LogP contribution in [0, 0.1) is 12.7 Å². The van der Waals surface area contributed by atoms with Gasteiger partial charge in [0.1, 0.15) is 23.8 Å².